The van der Waals surface area contributed by atoms with Crippen LogP contribution in [0.3, 0.4) is 0 Å². The minimum absolute atomic E-state index is 0.772. The molecule has 1 nitrogen and oxygen atoms in total. The molecule has 0 atom stereocenters. The molecule has 2 aromatic rings. The van der Waals surface area contributed by atoms with Gasteiger partial charge in [-0.1, -0.05) is 6.07 Å². The number of anilines is 1. The van der Waals surface area contributed by atoms with Gasteiger partial charge in [0.15, 0.2) is 0 Å². The monoisotopic (exact) mass is 221 g/mol. The maximum absolute atomic E-state index is 5.83. The van der Waals surface area contributed by atoms with Crippen LogP contribution in [0.2, 0.25) is 0 Å². The number of nitrogens with two attached hydrogens (primary N) is 1. The van der Waals surface area contributed by atoms with Crippen LogP contribution >= 0.6 is 24.0 Å². The van der Waals surface area contributed by atoms with Crippen LogP contribution in [0.1, 0.15) is 5.56 Å². The molecular formula is C11H11NS2. The third-order valence-electron chi connectivity index (χ3n) is 2.17. The van der Waals surface area contributed by atoms with Crippen LogP contribution in [0, 0.1) is 6.92 Å². The second-order valence-electron chi connectivity index (χ2n) is 3.20. The van der Waals surface area contributed by atoms with E-state index in [1.54, 1.807) is 11.3 Å². The molecule has 0 saturated carbocycles. The maximum atomic E-state index is 5.83. The molecule has 0 aliphatic carbocycles. The predicted octanol–water partition coefficient (Wildman–Crippen LogP) is 3.59. The van der Waals surface area contributed by atoms with Gasteiger partial charge in [0.05, 0.1) is 0 Å². The molecule has 0 spiro atoms. The standard InChI is InChI=1S/C11H11NS2/c1-7-5-8(6-9(13)11(7)12)10-3-2-4-14-10/h2-6,13H,12H2,1H3. The highest BCUT2D eigenvalue weighted by Gasteiger charge is 2.04. The minimum atomic E-state index is 0.772. The summed E-state index contributed by atoms with van der Waals surface area (Å²) in [6.45, 7) is 2.01. The Hall–Kier alpha value is -0.930. The third-order valence-corrected chi connectivity index (χ3v) is 3.46. The average molecular weight is 221 g/mol. The molecule has 2 rings (SSSR count). The van der Waals surface area contributed by atoms with Crippen molar-refractivity contribution in [2.45, 2.75) is 11.8 Å². The van der Waals surface area contributed by atoms with Gasteiger partial charge in [-0.15, -0.1) is 24.0 Å². The van der Waals surface area contributed by atoms with E-state index in [1.807, 2.05) is 19.1 Å². The van der Waals surface area contributed by atoms with Crippen molar-refractivity contribution in [3.8, 4) is 10.4 Å². The summed E-state index contributed by atoms with van der Waals surface area (Å²) in [5.41, 5.74) is 8.88. The summed E-state index contributed by atoms with van der Waals surface area (Å²) in [5.74, 6) is 0. The lowest BCUT2D eigenvalue weighted by molar-refractivity contribution is 1.38. The number of thiol groups is 1. The van der Waals surface area contributed by atoms with Gasteiger partial charge in [-0.3, -0.25) is 0 Å². The first kappa shape index (κ1) is 9.62. The molecule has 0 fully saturated rings. The Balaban J connectivity index is 2.57. The summed E-state index contributed by atoms with van der Waals surface area (Å²) in [6.07, 6.45) is 0. The van der Waals surface area contributed by atoms with Crippen molar-refractivity contribution in [3.05, 3.63) is 35.2 Å². The Morgan fingerprint density at radius 3 is 2.71 bits per heavy atom. The molecule has 0 aliphatic rings. The fourth-order valence-electron chi connectivity index (χ4n) is 1.36. The van der Waals surface area contributed by atoms with Crippen molar-refractivity contribution in [1.82, 2.24) is 0 Å². The van der Waals surface area contributed by atoms with E-state index < -0.39 is 0 Å². The quantitative estimate of drug-likeness (QED) is 0.558. The van der Waals surface area contributed by atoms with E-state index in [4.69, 9.17) is 5.73 Å². The van der Waals surface area contributed by atoms with Gasteiger partial charge in [-0.2, -0.15) is 0 Å². The molecule has 0 amide bonds. The van der Waals surface area contributed by atoms with Gasteiger partial charge in [0.25, 0.3) is 0 Å². The first-order valence-electron chi connectivity index (χ1n) is 4.31. The molecule has 72 valence electrons. The number of hydrogen-bond donors (Lipinski definition) is 2. The highest BCUT2D eigenvalue weighted by atomic mass is 32.1. The second kappa shape index (κ2) is 3.67. The van der Waals surface area contributed by atoms with E-state index in [2.05, 4.69) is 30.1 Å². The summed E-state index contributed by atoms with van der Waals surface area (Å²) in [6, 6.07) is 8.25. The lowest BCUT2D eigenvalue weighted by atomic mass is 10.1. The van der Waals surface area contributed by atoms with Gasteiger partial charge in [-0.05, 0) is 41.6 Å². The average Bonchev–Trinajstić information content (AvgIpc) is 2.66. The Kier molecular flexibility index (Phi) is 2.52. The van der Waals surface area contributed by atoms with E-state index in [0.29, 0.717) is 0 Å². The zero-order chi connectivity index (χ0) is 10.1. The largest absolute Gasteiger partial charge is 0.398 e. The zero-order valence-electron chi connectivity index (χ0n) is 7.82. The Bertz CT molecular complexity index is 423. The lowest BCUT2D eigenvalue weighted by Crippen LogP contribution is -1.91. The van der Waals surface area contributed by atoms with Gasteiger partial charge in [0.2, 0.25) is 0 Å². The van der Waals surface area contributed by atoms with Crippen LogP contribution in [-0.4, -0.2) is 0 Å². The maximum Gasteiger partial charge on any atom is 0.0479 e. The lowest BCUT2D eigenvalue weighted by Gasteiger charge is -2.06. The van der Waals surface area contributed by atoms with E-state index >= 15 is 0 Å². The molecule has 2 N–H and O–H groups in total. The molecule has 3 heteroatoms. The Morgan fingerprint density at radius 2 is 2.14 bits per heavy atom. The van der Waals surface area contributed by atoms with Gasteiger partial charge in [0, 0.05) is 15.5 Å². The zero-order valence-corrected chi connectivity index (χ0v) is 9.53. The summed E-state index contributed by atoms with van der Waals surface area (Å²) < 4.78 is 0. The number of rotatable bonds is 1. The number of benzene rings is 1. The van der Waals surface area contributed by atoms with Crippen molar-refractivity contribution in [1.29, 1.82) is 0 Å². The smallest absolute Gasteiger partial charge is 0.0479 e. The molecule has 0 radical (unpaired) electrons. The van der Waals surface area contributed by atoms with Crippen molar-refractivity contribution in [2.75, 3.05) is 5.73 Å². The van der Waals surface area contributed by atoms with E-state index in [-0.39, 0.29) is 0 Å². The molecular weight excluding hydrogens is 210 g/mol. The van der Waals surface area contributed by atoms with E-state index in [0.717, 1.165) is 16.1 Å². The Morgan fingerprint density at radius 1 is 1.36 bits per heavy atom. The molecule has 14 heavy (non-hydrogen) atoms. The van der Waals surface area contributed by atoms with Crippen LogP contribution in [-0.2, 0) is 0 Å². The molecule has 1 heterocycles. The van der Waals surface area contributed by atoms with Crippen molar-refractivity contribution in [2.24, 2.45) is 0 Å². The molecule has 0 aliphatic heterocycles. The van der Waals surface area contributed by atoms with E-state index in [9.17, 15) is 0 Å². The van der Waals surface area contributed by atoms with Crippen LogP contribution in [0.4, 0.5) is 5.69 Å². The highest BCUT2D eigenvalue weighted by molar-refractivity contribution is 7.80. The first-order chi connectivity index (χ1) is 6.68. The summed E-state index contributed by atoms with van der Waals surface area (Å²) in [5, 5.41) is 2.07. The third kappa shape index (κ3) is 1.65. The van der Waals surface area contributed by atoms with Crippen LogP contribution in [0.5, 0.6) is 0 Å². The molecule has 0 bridgehead atoms. The second-order valence-corrected chi connectivity index (χ2v) is 4.63. The normalized spacial score (nSPS) is 10.4. The fraction of sp³-hybridized carbons (Fsp3) is 0.0909. The molecule has 0 unspecified atom stereocenters. The summed E-state index contributed by atoms with van der Waals surface area (Å²) >= 11 is 6.07. The van der Waals surface area contributed by atoms with Gasteiger partial charge < -0.3 is 5.73 Å². The van der Waals surface area contributed by atoms with Gasteiger partial charge in [0.1, 0.15) is 0 Å². The van der Waals surface area contributed by atoms with Gasteiger partial charge >= 0.3 is 0 Å². The molecule has 0 saturated heterocycles. The minimum Gasteiger partial charge on any atom is -0.398 e. The van der Waals surface area contributed by atoms with Crippen LogP contribution in [0.25, 0.3) is 10.4 Å². The van der Waals surface area contributed by atoms with Crippen LogP contribution in [0.15, 0.2) is 34.5 Å². The van der Waals surface area contributed by atoms with Gasteiger partial charge in [-0.25, -0.2) is 0 Å². The predicted molar refractivity (Wildman–Crippen MR) is 66.2 cm³/mol. The SMILES string of the molecule is Cc1cc(-c2cccs2)cc(S)c1N. The first-order valence-corrected chi connectivity index (χ1v) is 5.64. The molecule has 1 aromatic carbocycles. The fourth-order valence-corrected chi connectivity index (χ4v) is 2.40. The van der Waals surface area contributed by atoms with Crippen molar-refractivity contribution < 1.29 is 0 Å². The number of aryl methyl sites for hydroxylation is 1. The number of nitrogen functional groups attached to an aromatic ring is 1. The van der Waals surface area contributed by atoms with E-state index in [1.165, 1.54) is 10.4 Å². The highest BCUT2D eigenvalue weighted by Crippen LogP contribution is 2.31. The van der Waals surface area contributed by atoms with Crippen molar-refractivity contribution in [3.63, 3.8) is 0 Å². The molecule has 1 aromatic heterocycles. The Labute approximate surface area is 93.0 Å². The van der Waals surface area contributed by atoms with Crippen molar-refractivity contribution >= 4 is 29.7 Å². The van der Waals surface area contributed by atoms with Crippen LogP contribution < -0.4 is 5.73 Å². The summed E-state index contributed by atoms with van der Waals surface area (Å²) in [7, 11) is 0. The number of hydrogen-bond acceptors (Lipinski definition) is 3. The summed E-state index contributed by atoms with van der Waals surface area (Å²) in [4.78, 5) is 2.11. The number of thiophene rings is 1. The topological polar surface area (TPSA) is 26.0 Å².